The van der Waals surface area contributed by atoms with Gasteiger partial charge in [-0.25, -0.2) is 0 Å². The molecule has 0 atom stereocenters. The summed E-state index contributed by atoms with van der Waals surface area (Å²) in [7, 11) is 0. The van der Waals surface area contributed by atoms with Crippen LogP contribution in [0.4, 0.5) is 0 Å². The third-order valence-corrected chi connectivity index (χ3v) is 3.44. The lowest BCUT2D eigenvalue weighted by molar-refractivity contribution is 0.372. The number of nitrogens with one attached hydrogen (secondary N) is 1. The maximum absolute atomic E-state index is 4.07. The first-order valence-corrected chi connectivity index (χ1v) is 6.22. The summed E-state index contributed by atoms with van der Waals surface area (Å²) in [5.74, 6) is 0.849. The zero-order chi connectivity index (χ0) is 11.4. The molecule has 0 aliphatic carbocycles. The van der Waals surface area contributed by atoms with E-state index in [4.69, 9.17) is 0 Å². The summed E-state index contributed by atoms with van der Waals surface area (Å²) < 4.78 is 0. The molecule has 1 saturated heterocycles. The second-order valence-electron chi connectivity index (χ2n) is 4.83. The third kappa shape index (κ3) is 2.73. The molecule has 1 aliphatic heterocycles. The van der Waals surface area contributed by atoms with E-state index in [1.165, 1.54) is 49.1 Å². The molecule has 0 unspecified atom stereocenters. The van der Waals surface area contributed by atoms with Crippen molar-refractivity contribution in [3.05, 3.63) is 42.0 Å². The second kappa shape index (κ2) is 5.31. The molecule has 0 amide bonds. The van der Waals surface area contributed by atoms with Gasteiger partial charge in [-0.3, -0.25) is 0 Å². The first-order chi connectivity index (χ1) is 7.77. The molecule has 1 aliphatic rings. The SMILES string of the molecule is C=C(C)c1ccccc1CC1CCNCC1. The van der Waals surface area contributed by atoms with E-state index in [0.29, 0.717) is 0 Å². The monoisotopic (exact) mass is 215 g/mol. The van der Waals surface area contributed by atoms with Crippen LogP contribution in [0, 0.1) is 5.92 Å². The van der Waals surface area contributed by atoms with Crippen LogP contribution in [-0.4, -0.2) is 13.1 Å². The Balaban J connectivity index is 2.10. The van der Waals surface area contributed by atoms with Crippen molar-refractivity contribution >= 4 is 5.57 Å². The highest BCUT2D eigenvalue weighted by Crippen LogP contribution is 2.23. The van der Waals surface area contributed by atoms with Crippen LogP contribution in [0.2, 0.25) is 0 Å². The van der Waals surface area contributed by atoms with Crippen LogP contribution in [0.5, 0.6) is 0 Å². The van der Waals surface area contributed by atoms with E-state index in [1.54, 1.807) is 0 Å². The quantitative estimate of drug-likeness (QED) is 0.816. The Kier molecular flexibility index (Phi) is 3.79. The van der Waals surface area contributed by atoms with E-state index in [2.05, 4.69) is 43.1 Å². The number of benzene rings is 1. The van der Waals surface area contributed by atoms with Gasteiger partial charge in [0.15, 0.2) is 0 Å². The highest BCUT2D eigenvalue weighted by Gasteiger charge is 2.14. The smallest absolute Gasteiger partial charge is 0.00462 e. The Labute approximate surface area is 98.6 Å². The highest BCUT2D eigenvalue weighted by atomic mass is 14.9. The minimum Gasteiger partial charge on any atom is -0.317 e. The molecule has 0 radical (unpaired) electrons. The fourth-order valence-electron chi connectivity index (χ4n) is 2.51. The van der Waals surface area contributed by atoms with Crippen molar-refractivity contribution in [3.8, 4) is 0 Å². The maximum Gasteiger partial charge on any atom is -0.00462 e. The first kappa shape index (κ1) is 11.4. The number of piperidine rings is 1. The fraction of sp³-hybridized carbons (Fsp3) is 0.467. The predicted octanol–water partition coefficient (Wildman–Crippen LogP) is 3.26. The lowest BCUT2D eigenvalue weighted by Crippen LogP contribution is -2.28. The average molecular weight is 215 g/mol. The van der Waals surface area contributed by atoms with Crippen molar-refractivity contribution in [2.45, 2.75) is 26.2 Å². The van der Waals surface area contributed by atoms with Crippen LogP contribution >= 0.6 is 0 Å². The van der Waals surface area contributed by atoms with Crippen LogP contribution in [0.3, 0.4) is 0 Å². The molecule has 1 aromatic carbocycles. The van der Waals surface area contributed by atoms with E-state index in [1.807, 2.05) is 0 Å². The van der Waals surface area contributed by atoms with Crippen molar-refractivity contribution < 1.29 is 0 Å². The first-order valence-electron chi connectivity index (χ1n) is 6.22. The van der Waals surface area contributed by atoms with Crippen molar-refractivity contribution in [2.75, 3.05) is 13.1 Å². The van der Waals surface area contributed by atoms with Gasteiger partial charge in [0.2, 0.25) is 0 Å². The van der Waals surface area contributed by atoms with E-state index in [0.717, 1.165) is 5.92 Å². The number of hydrogen-bond donors (Lipinski definition) is 1. The van der Waals surface area contributed by atoms with Crippen LogP contribution in [0.1, 0.15) is 30.9 Å². The Hall–Kier alpha value is -1.08. The molecular formula is C15H21N. The molecule has 0 aromatic heterocycles. The normalized spacial score (nSPS) is 17.3. The third-order valence-electron chi connectivity index (χ3n) is 3.44. The zero-order valence-electron chi connectivity index (χ0n) is 10.1. The van der Waals surface area contributed by atoms with Gasteiger partial charge >= 0.3 is 0 Å². The molecule has 86 valence electrons. The van der Waals surface area contributed by atoms with Gasteiger partial charge in [-0.05, 0) is 56.3 Å². The number of allylic oxidation sites excluding steroid dienone is 1. The predicted molar refractivity (Wildman–Crippen MR) is 70.4 cm³/mol. The highest BCUT2D eigenvalue weighted by molar-refractivity contribution is 5.64. The van der Waals surface area contributed by atoms with Gasteiger partial charge in [-0.2, -0.15) is 0 Å². The van der Waals surface area contributed by atoms with E-state index >= 15 is 0 Å². The van der Waals surface area contributed by atoms with E-state index in [9.17, 15) is 0 Å². The van der Waals surface area contributed by atoms with Gasteiger partial charge in [0.1, 0.15) is 0 Å². The lowest BCUT2D eigenvalue weighted by Gasteiger charge is -2.23. The van der Waals surface area contributed by atoms with E-state index in [-0.39, 0.29) is 0 Å². The maximum atomic E-state index is 4.07. The molecule has 16 heavy (non-hydrogen) atoms. The largest absolute Gasteiger partial charge is 0.317 e. The lowest BCUT2D eigenvalue weighted by atomic mass is 9.88. The van der Waals surface area contributed by atoms with Crippen molar-refractivity contribution in [1.82, 2.24) is 5.32 Å². The van der Waals surface area contributed by atoms with Gasteiger partial charge in [0, 0.05) is 0 Å². The molecule has 1 heterocycles. The molecule has 0 saturated carbocycles. The van der Waals surface area contributed by atoms with Gasteiger partial charge in [-0.1, -0.05) is 36.4 Å². The summed E-state index contributed by atoms with van der Waals surface area (Å²) in [6.45, 7) is 8.53. The Morgan fingerprint density at radius 1 is 1.31 bits per heavy atom. The van der Waals surface area contributed by atoms with Crippen LogP contribution in [0.15, 0.2) is 30.8 Å². The van der Waals surface area contributed by atoms with Crippen LogP contribution in [-0.2, 0) is 6.42 Å². The summed E-state index contributed by atoms with van der Waals surface area (Å²) in [5, 5.41) is 3.42. The molecule has 2 rings (SSSR count). The summed E-state index contributed by atoms with van der Waals surface area (Å²) in [6, 6.07) is 8.70. The molecule has 1 heteroatoms. The molecule has 1 aromatic rings. The zero-order valence-corrected chi connectivity index (χ0v) is 10.1. The van der Waals surface area contributed by atoms with Crippen LogP contribution < -0.4 is 5.32 Å². The molecule has 1 nitrogen and oxygen atoms in total. The van der Waals surface area contributed by atoms with Gasteiger partial charge in [0.25, 0.3) is 0 Å². The molecule has 0 bridgehead atoms. The topological polar surface area (TPSA) is 12.0 Å². The summed E-state index contributed by atoms with van der Waals surface area (Å²) in [4.78, 5) is 0. The number of hydrogen-bond acceptors (Lipinski definition) is 1. The fourth-order valence-corrected chi connectivity index (χ4v) is 2.51. The Bertz CT molecular complexity index is 361. The summed E-state index contributed by atoms with van der Waals surface area (Å²) in [5.41, 5.74) is 4.01. The minimum atomic E-state index is 0.849. The average Bonchev–Trinajstić information content (AvgIpc) is 2.31. The van der Waals surface area contributed by atoms with Gasteiger partial charge in [-0.15, -0.1) is 0 Å². The minimum absolute atomic E-state index is 0.849. The van der Waals surface area contributed by atoms with E-state index < -0.39 is 0 Å². The van der Waals surface area contributed by atoms with Crippen molar-refractivity contribution in [3.63, 3.8) is 0 Å². The molecular weight excluding hydrogens is 194 g/mol. The van der Waals surface area contributed by atoms with Gasteiger partial charge < -0.3 is 5.32 Å². The van der Waals surface area contributed by atoms with Crippen molar-refractivity contribution in [2.24, 2.45) is 5.92 Å². The van der Waals surface area contributed by atoms with Gasteiger partial charge in [0.05, 0.1) is 0 Å². The van der Waals surface area contributed by atoms with Crippen molar-refractivity contribution in [1.29, 1.82) is 0 Å². The Morgan fingerprint density at radius 2 is 2.00 bits per heavy atom. The Morgan fingerprint density at radius 3 is 2.69 bits per heavy atom. The summed E-state index contributed by atoms with van der Waals surface area (Å²) in [6.07, 6.45) is 3.83. The molecule has 1 fully saturated rings. The standard InChI is InChI=1S/C15H21N/c1-12(2)15-6-4-3-5-14(15)11-13-7-9-16-10-8-13/h3-6,13,16H,1,7-11H2,2H3. The molecule has 1 N–H and O–H groups in total. The molecule has 0 spiro atoms. The van der Waals surface area contributed by atoms with Crippen LogP contribution in [0.25, 0.3) is 5.57 Å². The summed E-state index contributed by atoms with van der Waals surface area (Å²) >= 11 is 0. The number of rotatable bonds is 3. The second-order valence-corrected chi connectivity index (χ2v) is 4.83.